The van der Waals surface area contributed by atoms with E-state index in [4.69, 9.17) is 8.85 Å². The van der Waals surface area contributed by atoms with Crippen molar-refractivity contribution in [2.75, 3.05) is 6.54 Å². The molecule has 0 rings (SSSR count). The van der Waals surface area contributed by atoms with Gasteiger partial charge in [-0.3, -0.25) is 4.98 Å². The Morgan fingerprint density at radius 2 is 1.27 bits per heavy atom. The summed E-state index contributed by atoms with van der Waals surface area (Å²) < 4.78 is 12.1. The molecule has 0 unspecified atom stereocenters. The van der Waals surface area contributed by atoms with Crippen molar-refractivity contribution in [3.63, 3.8) is 0 Å². The van der Waals surface area contributed by atoms with Crippen LogP contribution >= 0.6 is 0 Å². The Morgan fingerprint density at radius 3 is 1.47 bits per heavy atom. The lowest BCUT2D eigenvalue weighted by atomic mass is 10.2. The third kappa shape index (κ3) is 7.96. The first-order chi connectivity index (χ1) is 6.47. The van der Waals surface area contributed by atoms with Gasteiger partial charge in [0.2, 0.25) is 0 Å². The predicted octanol–water partition coefficient (Wildman–Crippen LogP) is 2.79. The second-order valence-electron chi connectivity index (χ2n) is 5.90. The van der Waals surface area contributed by atoms with Crippen molar-refractivity contribution in [2.24, 2.45) is 0 Å². The van der Waals surface area contributed by atoms with Crippen LogP contribution in [0.15, 0.2) is 0 Å². The molecule has 0 aromatic carbocycles. The van der Waals surface area contributed by atoms with Crippen LogP contribution in [0.2, 0.25) is 6.55 Å². The smallest absolute Gasteiger partial charge is 0.378 e. The van der Waals surface area contributed by atoms with Crippen LogP contribution < -0.4 is 4.98 Å². The Balaban J connectivity index is 4.59. The molecule has 0 radical (unpaired) electrons. The van der Waals surface area contributed by atoms with Crippen LogP contribution in [-0.4, -0.2) is 26.5 Å². The molecule has 0 saturated carbocycles. The third-order valence-corrected chi connectivity index (χ3v) is 4.50. The monoisotopic (exact) mass is 233 g/mol. The van der Waals surface area contributed by atoms with Gasteiger partial charge in [0, 0.05) is 0 Å². The standard InChI is InChI=1S/C11H27NO2Si/c1-9-12-15(8,13-10(2,3)4)14-11(5,6)7/h12H,9H2,1-8H3. The van der Waals surface area contributed by atoms with E-state index < -0.39 is 8.72 Å². The highest BCUT2D eigenvalue weighted by atomic mass is 28.4. The van der Waals surface area contributed by atoms with Gasteiger partial charge >= 0.3 is 8.72 Å². The summed E-state index contributed by atoms with van der Waals surface area (Å²) >= 11 is 0. The van der Waals surface area contributed by atoms with Crippen molar-refractivity contribution in [3.8, 4) is 0 Å². The predicted molar refractivity (Wildman–Crippen MR) is 67.0 cm³/mol. The fourth-order valence-corrected chi connectivity index (χ4v) is 4.75. The van der Waals surface area contributed by atoms with Crippen LogP contribution in [0, 0.1) is 0 Å². The summed E-state index contributed by atoms with van der Waals surface area (Å²) in [5, 5.41) is 0. The van der Waals surface area contributed by atoms with Crippen LogP contribution in [0.5, 0.6) is 0 Å². The van der Waals surface area contributed by atoms with Gasteiger partial charge in [0.15, 0.2) is 0 Å². The van der Waals surface area contributed by atoms with Gasteiger partial charge in [-0.25, -0.2) is 0 Å². The average molecular weight is 233 g/mol. The van der Waals surface area contributed by atoms with E-state index >= 15 is 0 Å². The quantitative estimate of drug-likeness (QED) is 0.757. The van der Waals surface area contributed by atoms with E-state index in [0.29, 0.717) is 0 Å². The molecule has 4 heteroatoms. The highest BCUT2D eigenvalue weighted by Crippen LogP contribution is 2.21. The zero-order valence-electron chi connectivity index (χ0n) is 11.5. The van der Waals surface area contributed by atoms with E-state index in [1.807, 2.05) is 0 Å². The topological polar surface area (TPSA) is 30.5 Å². The molecule has 0 aromatic heterocycles. The fourth-order valence-electron chi connectivity index (χ4n) is 1.58. The molecular formula is C11H27NO2Si. The number of rotatable bonds is 4. The Morgan fingerprint density at radius 1 is 0.933 bits per heavy atom. The normalized spacial score (nSPS) is 14.4. The summed E-state index contributed by atoms with van der Waals surface area (Å²) in [7, 11) is -2.27. The van der Waals surface area contributed by atoms with E-state index in [1.165, 1.54) is 0 Å². The Kier molecular flexibility index (Phi) is 4.98. The van der Waals surface area contributed by atoms with Gasteiger partial charge in [0.25, 0.3) is 0 Å². The van der Waals surface area contributed by atoms with Crippen molar-refractivity contribution in [1.29, 1.82) is 0 Å². The highest BCUT2D eigenvalue weighted by molar-refractivity contribution is 6.63. The molecule has 0 bridgehead atoms. The summed E-state index contributed by atoms with van der Waals surface area (Å²) in [5.41, 5.74) is -0.344. The van der Waals surface area contributed by atoms with E-state index in [9.17, 15) is 0 Å². The zero-order chi connectivity index (χ0) is 12.3. The van der Waals surface area contributed by atoms with E-state index in [2.05, 4.69) is 60.0 Å². The zero-order valence-corrected chi connectivity index (χ0v) is 12.5. The Bertz CT molecular complexity index is 178. The van der Waals surface area contributed by atoms with Crippen molar-refractivity contribution >= 4 is 8.72 Å². The molecule has 0 aliphatic rings. The van der Waals surface area contributed by atoms with Gasteiger partial charge in [-0.05, 0) is 54.6 Å². The van der Waals surface area contributed by atoms with Crippen LogP contribution in [0.3, 0.4) is 0 Å². The summed E-state index contributed by atoms with van der Waals surface area (Å²) in [4.78, 5) is 3.37. The summed E-state index contributed by atoms with van der Waals surface area (Å²) in [6.45, 7) is 17.3. The molecule has 0 fully saturated rings. The van der Waals surface area contributed by atoms with Crippen LogP contribution in [0.4, 0.5) is 0 Å². The third-order valence-electron chi connectivity index (χ3n) is 1.50. The van der Waals surface area contributed by atoms with Crippen molar-refractivity contribution < 1.29 is 8.85 Å². The van der Waals surface area contributed by atoms with Crippen LogP contribution in [-0.2, 0) is 8.85 Å². The molecule has 0 atom stereocenters. The number of hydrogen-bond donors (Lipinski definition) is 1. The Hall–Kier alpha value is 0.0969. The maximum absolute atomic E-state index is 6.05. The van der Waals surface area contributed by atoms with Crippen molar-refractivity contribution in [1.82, 2.24) is 4.98 Å². The molecule has 0 aliphatic heterocycles. The van der Waals surface area contributed by atoms with E-state index in [-0.39, 0.29) is 11.2 Å². The molecule has 3 nitrogen and oxygen atoms in total. The molecule has 15 heavy (non-hydrogen) atoms. The average Bonchev–Trinajstić information content (AvgIpc) is 1.74. The minimum atomic E-state index is -2.27. The maximum Gasteiger partial charge on any atom is 0.422 e. The lowest BCUT2D eigenvalue weighted by Crippen LogP contribution is -2.59. The Labute approximate surface area is 95.9 Å². The molecule has 0 heterocycles. The molecule has 0 amide bonds. The second kappa shape index (κ2) is 4.95. The maximum atomic E-state index is 6.05. The van der Waals surface area contributed by atoms with E-state index in [0.717, 1.165) is 6.54 Å². The summed E-state index contributed by atoms with van der Waals surface area (Å²) in [6.07, 6.45) is 0. The van der Waals surface area contributed by atoms with Crippen LogP contribution in [0.25, 0.3) is 0 Å². The molecule has 0 saturated heterocycles. The van der Waals surface area contributed by atoms with E-state index in [1.54, 1.807) is 0 Å². The minimum absolute atomic E-state index is 0.172. The van der Waals surface area contributed by atoms with Gasteiger partial charge in [0.1, 0.15) is 0 Å². The SMILES string of the molecule is CCN[Si](C)(OC(C)(C)C)OC(C)(C)C. The molecule has 92 valence electrons. The molecule has 0 spiro atoms. The van der Waals surface area contributed by atoms with Gasteiger partial charge in [-0.2, -0.15) is 0 Å². The first kappa shape index (κ1) is 15.1. The second-order valence-corrected chi connectivity index (χ2v) is 8.56. The molecule has 1 N–H and O–H groups in total. The minimum Gasteiger partial charge on any atom is -0.378 e. The van der Waals surface area contributed by atoms with Gasteiger partial charge < -0.3 is 8.85 Å². The summed E-state index contributed by atoms with van der Waals surface area (Å²) in [5.74, 6) is 0. The molecule has 0 aromatic rings. The van der Waals surface area contributed by atoms with Crippen molar-refractivity contribution in [2.45, 2.75) is 66.2 Å². The lowest BCUT2D eigenvalue weighted by Gasteiger charge is -2.38. The molecular weight excluding hydrogens is 206 g/mol. The first-order valence-electron chi connectivity index (χ1n) is 5.63. The van der Waals surface area contributed by atoms with Gasteiger partial charge in [0.05, 0.1) is 11.2 Å². The largest absolute Gasteiger partial charge is 0.422 e. The number of hydrogen-bond acceptors (Lipinski definition) is 3. The van der Waals surface area contributed by atoms with Crippen LogP contribution in [0.1, 0.15) is 48.5 Å². The van der Waals surface area contributed by atoms with Gasteiger partial charge in [-0.1, -0.05) is 6.92 Å². The fraction of sp³-hybridized carbons (Fsp3) is 1.00. The van der Waals surface area contributed by atoms with Crippen molar-refractivity contribution in [3.05, 3.63) is 0 Å². The molecule has 0 aliphatic carbocycles. The van der Waals surface area contributed by atoms with Gasteiger partial charge in [-0.15, -0.1) is 0 Å². The summed E-state index contributed by atoms with van der Waals surface area (Å²) in [6, 6.07) is 0. The number of nitrogens with one attached hydrogen (secondary N) is 1. The highest BCUT2D eigenvalue weighted by Gasteiger charge is 2.39. The first-order valence-corrected chi connectivity index (χ1v) is 7.94. The lowest BCUT2D eigenvalue weighted by molar-refractivity contribution is 0.0117.